The van der Waals surface area contributed by atoms with Crippen molar-refractivity contribution in [1.29, 1.82) is 0 Å². The highest BCUT2D eigenvalue weighted by Crippen LogP contribution is 2.27. The van der Waals surface area contributed by atoms with Crippen molar-refractivity contribution in [3.8, 4) is 11.5 Å². The second-order valence-corrected chi connectivity index (χ2v) is 8.06. The van der Waals surface area contributed by atoms with Crippen LogP contribution in [-0.4, -0.2) is 59.6 Å². The molecule has 0 saturated heterocycles. The molecule has 0 bridgehead atoms. The van der Waals surface area contributed by atoms with Crippen molar-refractivity contribution < 1.29 is 28.6 Å². The van der Waals surface area contributed by atoms with E-state index in [1.165, 1.54) is 39.2 Å². The van der Waals surface area contributed by atoms with E-state index < -0.39 is 5.97 Å². The van der Waals surface area contributed by atoms with Crippen LogP contribution in [0.15, 0.2) is 47.6 Å². The number of rotatable bonds is 10. The van der Waals surface area contributed by atoms with Gasteiger partial charge in [-0.2, -0.15) is 0 Å². The van der Waals surface area contributed by atoms with Gasteiger partial charge >= 0.3 is 5.97 Å². The molecule has 0 aliphatic carbocycles. The predicted octanol–water partition coefficient (Wildman–Crippen LogP) is 2.28. The van der Waals surface area contributed by atoms with Crippen LogP contribution in [-0.2, 0) is 23.1 Å². The molecule has 2 aromatic carbocycles. The Morgan fingerprint density at radius 1 is 0.971 bits per heavy atom. The molecule has 0 saturated carbocycles. The third-order valence-corrected chi connectivity index (χ3v) is 5.90. The lowest BCUT2D eigenvalue weighted by molar-refractivity contribution is -0.113. The summed E-state index contributed by atoms with van der Waals surface area (Å²) in [4.78, 5) is 36.5. The summed E-state index contributed by atoms with van der Waals surface area (Å²) >= 11 is 1.19. The first-order chi connectivity index (χ1) is 16.9. The molecule has 184 valence electrons. The highest BCUT2D eigenvalue weighted by atomic mass is 32.2. The first-order valence-corrected chi connectivity index (χ1v) is 11.3. The van der Waals surface area contributed by atoms with Crippen LogP contribution in [0.1, 0.15) is 26.5 Å². The molecule has 3 rings (SSSR count). The van der Waals surface area contributed by atoms with Gasteiger partial charge in [-0.05, 0) is 36.4 Å². The van der Waals surface area contributed by atoms with Crippen molar-refractivity contribution in [3.05, 3.63) is 59.4 Å². The fourth-order valence-electron chi connectivity index (χ4n) is 3.03. The molecule has 0 aliphatic rings. The molecule has 35 heavy (non-hydrogen) atoms. The monoisotopic (exact) mass is 499 g/mol. The number of hydrogen-bond acceptors (Lipinski definition) is 9. The number of aromatic nitrogens is 3. The summed E-state index contributed by atoms with van der Waals surface area (Å²) in [5.41, 5.74) is 1.23. The van der Waals surface area contributed by atoms with E-state index in [1.54, 1.807) is 48.0 Å². The number of hydrogen-bond donors (Lipinski definition) is 2. The Morgan fingerprint density at radius 3 is 2.46 bits per heavy atom. The van der Waals surface area contributed by atoms with Crippen molar-refractivity contribution in [2.45, 2.75) is 11.7 Å². The predicted molar refractivity (Wildman–Crippen MR) is 129 cm³/mol. The SMILES string of the molecule is COC(=O)c1cccc(NC(=O)CSc2nnc(CNC(=O)c3ccc(OC)c(OC)c3)n2C)c1. The van der Waals surface area contributed by atoms with Gasteiger partial charge in [0.25, 0.3) is 5.91 Å². The second kappa shape index (κ2) is 11.9. The molecule has 2 amide bonds. The molecular weight excluding hydrogens is 474 g/mol. The van der Waals surface area contributed by atoms with Crippen LogP contribution in [0.2, 0.25) is 0 Å². The number of anilines is 1. The van der Waals surface area contributed by atoms with Crippen LogP contribution in [0.3, 0.4) is 0 Å². The Kier molecular flexibility index (Phi) is 8.68. The topological polar surface area (TPSA) is 134 Å². The maximum Gasteiger partial charge on any atom is 0.337 e. The summed E-state index contributed by atoms with van der Waals surface area (Å²) in [6, 6.07) is 11.3. The summed E-state index contributed by atoms with van der Waals surface area (Å²) in [5.74, 6) is 0.506. The van der Waals surface area contributed by atoms with Gasteiger partial charge in [0.05, 0.1) is 39.2 Å². The van der Waals surface area contributed by atoms with Gasteiger partial charge in [-0.1, -0.05) is 17.8 Å². The third-order valence-electron chi connectivity index (χ3n) is 4.88. The largest absolute Gasteiger partial charge is 0.493 e. The summed E-state index contributed by atoms with van der Waals surface area (Å²) < 4.78 is 16.8. The van der Waals surface area contributed by atoms with Crippen molar-refractivity contribution in [2.75, 3.05) is 32.4 Å². The second-order valence-electron chi connectivity index (χ2n) is 7.12. The number of carbonyl (C=O) groups is 3. The number of nitrogens with zero attached hydrogens (tertiary/aromatic N) is 3. The smallest absolute Gasteiger partial charge is 0.337 e. The molecule has 0 aliphatic heterocycles. The van der Waals surface area contributed by atoms with Crippen LogP contribution >= 0.6 is 11.8 Å². The highest BCUT2D eigenvalue weighted by molar-refractivity contribution is 7.99. The van der Waals surface area contributed by atoms with Crippen LogP contribution in [0, 0.1) is 0 Å². The molecule has 0 atom stereocenters. The Hall–Kier alpha value is -4.06. The minimum absolute atomic E-state index is 0.0758. The van der Waals surface area contributed by atoms with Crippen molar-refractivity contribution >= 4 is 35.2 Å². The van der Waals surface area contributed by atoms with Gasteiger partial charge in [-0.15, -0.1) is 10.2 Å². The van der Waals surface area contributed by atoms with Gasteiger partial charge in [0.2, 0.25) is 5.91 Å². The minimum Gasteiger partial charge on any atom is -0.493 e. The van der Waals surface area contributed by atoms with Gasteiger partial charge in [0, 0.05) is 18.3 Å². The molecule has 12 heteroatoms. The van der Waals surface area contributed by atoms with E-state index in [1.807, 2.05) is 0 Å². The molecule has 11 nitrogen and oxygen atoms in total. The van der Waals surface area contributed by atoms with Gasteiger partial charge in [0.1, 0.15) is 0 Å². The molecule has 1 heterocycles. The molecule has 0 unspecified atom stereocenters. The third kappa shape index (κ3) is 6.51. The lowest BCUT2D eigenvalue weighted by atomic mass is 10.2. The van der Waals surface area contributed by atoms with Gasteiger partial charge in [0.15, 0.2) is 22.5 Å². The van der Waals surface area contributed by atoms with E-state index in [-0.39, 0.29) is 24.1 Å². The minimum atomic E-state index is -0.486. The Balaban J connectivity index is 1.54. The number of thioether (sulfide) groups is 1. The zero-order valence-corrected chi connectivity index (χ0v) is 20.5. The number of methoxy groups -OCH3 is 3. The van der Waals surface area contributed by atoms with Crippen LogP contribution in [0.4, 0.5) is 5.69 Å². The number of nitrogens with one attached hydrogen (secondary N) is 2. The van der Waals surface area contributed by atoms with Crippen molar-refractivity contribution in [2.24, 2.45) is 7.05 Å². The van der Waals surface area contributed by atoms with E-state index in [9.17, 15) is 14.4 Å². The van der Waals surface area contributed by atoms with E-state index >= 15 is 0 Å². The molecule has 3 aromatic rings. The molecule has 0 radical (unpaired) electrons. The number of amides is 2. The summed E-state index contributed by atoms with van der Waals surface area (Å²) in [6.07, 6.45) is 0. The Morgan fingerprint density at radius 2 is 1.74 bits per heavy atom. The first kappa shape index (κ1) is 25.6. The van der Waals surface area contributed by atoms with Gasteiger partial charge in [-0.3, -0.25) is 9.59 Å². The van der Waals surface area contributed by atoms with Crippen molar-refractivity contribution in [1.82, 2.24) is 20.1 Å². The number of esters is 1. The molecule has 1 aromatic heterocycles. The maximum absolute atomic E-state index is 12.5. The Bertz CT molecular complexity index is 1230. The molecule has 0 spiro atoms. The van der Waals surface area contributed by atoms with Gasteiger partial charge in [-0.25, -0.2) is 4.79 Å². The first-order valence-electron chi connectivity index (χ1n) is 10.4. The average molecular weight is 500 g/mol. The van der Waals surface area contributed by atoms with E-state index in [2.05, 4.69) is 25.6 Å². The van der Waals surface area contributed by atoms with Gasteiger partial charge < -0.3 is 29.4 Å². The zero-order chi connectivity index (χ0) is 25.4. The summed E-state index contributed by atoms with van der Waals surface area (Å²) in [6.45, 7) is 0.143. The summed E-state index contributed by atoms with van der Waals surface area (Å²) in [5, 5.41) is 14.2. The number of ether oxygens (including phenoxy) is 3. The van der Waals surface area contributed by atoms with Crippen LogP contribution < -0.4 is 20.1 Å². The quantitative estimate of drug-likeness (QED) is 0.318. The maximum atomic E-state index is 12.5. The normalized spacial score (nSPS) is 10.4. The fraction of sp³-hybridized carbons (Fsp3) is 0.261. The van der Waals surface area contributed by atoms with E-state index in [0.717, 1.165) is 0 Å². The molecular formula is C23H25N5O6S. The molecule has 2 N–H and O–H groups in total. The lowest BCUT2D eigenvalue weighted by Crippen LogP contribution is -2.24. The van der Waals surface area contributed by atoms with E-state index in [4.69, 9.17) is 9.47 Å². The molecule has 0 fully saturated rings. The number of carbonyl (C=O) groups excluding carboxylic acids is 3. The zero-order valence-electron chi connectivity index (χ0n) is 19.7. The average Bonchev–Trinajstić information content (AvgIpc) is 3.24. The highest BCUT2D eigenvalue weighted by Gasteiger charge is 2.15. The fourth-order valence-corrected chi connectivity index (χ4v) is 3.76. The standard InChI is InChI=1S/C23H25N5O6S/c1-28-19(12-24-21(30)14-8-9-17(32-2)18(11-14)33-3)26-27-23(28)35-13-20(29)25-16-7-5-6-15(10-16)22(31)34-4/h5-11H,12-13H2,1-4H3,(H,24,30)(H,25,29). The lowest BCUT2D eigenvalue weighted by Gasteiger charge is -2.10. The summed E-state index contributed by atoms with van der Waals surface area (Å²) in [7, 11) is 6.06. The Labute approximate surface area is 206 Å². The number of benzene rings is 2. The van der Waals surface area contributed by atoms with Crippen LogP contribution in [0.5, 0.6) is 11.5 Å². The van der Waals surface area contributed by atoms with Crippen LogP contribution in [0.25, 0.3) is 0 Å². The van der Waals surface area contributed by atoms with Crippen molar-refractivity contribution in [3.63, 3.8) is 0 Å². The van der Waals surface area contributed by atoms with E-state index in [0.29, 0.717) is 39.3 Å².